The molecule has 3 aromatic carbocycles. The summed E-state index contributed by atoms with van der Waals surface area (Å²) in [4.78, 5) is 27.6. The Bertz CT molecular complexity index is 1180. The van der Waals surface area contributed by atoms with E-state index in [1.54, 1.807) is 16.7 Å². The van der Waals surface area contributed by atoms with Gasteiger partial charge >= 0.3 is 0 Å². The molecule has 168 valence electrons. The van der Waals surface area contributed by atoms with E-state index in [1.807, 2.05) is 79.7 Å². The van der Waals surface area contributed by atoms with Gasteiger partial charge in [-0.1, -0.05) is 49.4 Å². The molecule has 2 heterocycles. The highest BCUT2D eigenvalue weighted by atomic mass is 32.2. The van der Waals surface area contributed by atoms with E-state index in [0.717, 1.165) is 22.5 Å². The van der Waals surface area contributed by atoms with Gasteiger partial charge in [0.2, 0.25) is 18.6 Å². The van der Waals surface area contributed by atoms with Crippen molar-refractivity contribution in [3.8, 4) is 11.5 Å². The van der Waals surface area contributed by atoms with Gasteiger partial charge in [0, 0.05) is 17.4 Å². The summed E-state index contributed by atoms with van der Waals surface area (Å²) in [7, 11) is 0. The molecule has 5 rings (SSSR count). The number of nitrogens with zero attached hydrogens (tertiary/aromatic N) is 1. The Morgan fingerprint density at radius 3 is 2.70 bits per heavy atom. The van der Waals surface area contributed by atoms with Crippen LogP contribution in [0.15, 0.2) is 72.8 Å². The van der Waals surface area contributed by atoms with E-state index < -0.39 is 0 Å². The smallest absolute Gasteiger partial charge is 0.238 e. The summed E-state index contributed by atoms with van der Waals surface area (Å²) >= 11 is 1.57. The summed E-state index contributed by atoms with van der Waals surface area (Å²) in [5.74, 6) is 1.49. The molecule has 2 aliphatic heterocycles. The van der Waals surface area contributed by atoms with Crippen LogP contribution in [0.2, 0.25) is 0 Å². The Morgan fingerprint density at radius 2 is 1.88 bits per heavy atom. The zero-order chi connectivity index (χ0) is 22.8. The van der Waals surface area contributed by atoms with Crippen molar-refractivity contribution in [2.75, 3.05) is 22.8 Å². The van der Waals surface area contributed by atoms with Crippen LogP contribution >= 0.6 is 11.8 Å². The lowest BCUT2D eigenvalue weighted by molar-refractivity contribution is -0.118. The minimum atomic E-state index is -0.220. The van der Waals surface area contributed by atoms with E-state index in [4.69, 9.17) is 9.47 Å². The fourth-order valence-corrected chi connectivity index (χ4v) is 5.41. The van der Waals surface area contributed by atoms with E-state index in [2.05, 4.69) is 5.32 Å². The molecule has 1 N–H and O–H groups in total. The third-order valence-corrected chi connectivity index (χ3v) is 7.08. The topological polar surface area (TPSA) is 67.9 Å². The maximum Gasteiger partial charge on any atom is 0.238 e. The molecular formula is C26H24N2O4S. The van der Waals surface area contributed by atoms with Gasteiger partial charge in [-0.05, 0) is 41.8 Å². The largest absolute Gasteiger partial charge is 0.454 e. The fourth-order valence-electron chi connectivity index (χ4n) is 4.24. The summed E-state index contributed by atoms with van der Waals surface area (Å²) < 4.78 is 10.9. The Labute approximate surface area is 196 Å². The number of carbonyl (C=O) groups is 2. The average molecular weight is 461 g/mol. The van der Waals surface area contributed by atoms with E-state index in [1.165, 1.54) is 0 Å². The van der Waals surface area contributed by atoms with Gasteiger partial charge in [-0.2, -0.15) is 0 Å². The first kappa shape index (κ1) is 21.4. The number of rotatable bonds is 6. The molecule has 2 amide bonds. The minimum Gasteiger partial charge on any atom is -0.454 e. The second-order valence-corrected chi connectivity index (χ2v) is 9.02. The molecule has 2 atom stereocenters. The van der Waals surface area contributed by atoms with Crippen LogP contribution in [0.3, 0.4) is 0 Å². The van der Waals surface area contributed by atoms with Gasteiger partial charge < -0.3 is 14.8 Å². The van der Waals surface area contributed by atoms with Crippen molar-refractivity contribution in [3.05, 3.63) is 83.9 Å². The molecule has 3 aromatic rings. The van der Waals surface area contributed by atoms with Crippen LogP contribution in [0.25, 0.3) is 0 Å². The number of thioether (sulfide) groups is 1. The van der Waals surface area contributed by atoms with E-state index >= 15 is 0 Å². The van der Waals surface area contributed by atoms with Crippen LogP contribution in [0.5, 0.6) is 11.5 Å². The monoisotopic (exact) mass is 460 g/mol. The summed E-state index contributed by atoms with van der Waals surface area (Å²) in [6.07, 6.45) is 0.709. The molecule has 2 aliphatic rings. The molecule has 2 unspecified atom stereocenters. The highest BCUT2D eigenvalue weighted by Crippen LogP contribution is 2.45. The van der Waals surface area contributed by atoms with Gasteiger partial charge in [-0.25, -0.2) is 0 Å². The van der Waals surface area contributed by atoms with Gasteiger partial charge in [-0.15, -0.1) is 11.8 Å². The molecule has 0 aromatic heterocycles. The number of ether oxygens (including phenoxy) is 2. The van der Waals surface area contributed by atoms with Crippen LogP contribution in [0, 0.1) is 0 Å². The third kappa shape index (κ3) is 4.28. The second kappa shape index (κ2) is 9.19. The van der Waals surface area contributed by atoms with Crippen molar-refractivity contribution in [1.82, 2.24) is 0 Å². The molecule has 7 heteroatoms. The Hall–Kier alpha value is -3.45. The Morgan fingerprint density at radius 1 is 1.06 bits per heavy atom. The minimum absolute atomic E-state index is 0.0356. The molecule has 1 saturated heterocycles. The Balaban J connectivity index is 1.38. The lowest BCUT2D eigenvalue weighted by atomic mass is 9.95. The van der Waals surface area contributed by atoms with Crippen molar-refractivity contribution >= 4 is 35.0 Å². The fraction of sp³-hybridized carbons (Fsp3) is 0.231. The van der Waals surface area contributed by atoms with Crippen molar-refractivity contribution in [2.45, 2.75) is 24.6 Å². The van der Waals surface area contributed by atoms with Gasteiger partial charge in [0.25, 0.3) is 0 Å². The van der Waals surface area contributed by atoms with Crippen molar-refractivity contribution in [2.24, 2.45) is 0 Å². The lowest BCUT2D eigenvalue weighted by Crippen LogP contribution is -2.27. The predicted octanol–water partition coefficient (Wildman–Crippen LogP) is 5.33. The van der Waals surface area contributed by atoms with E-state index in [0.29, 0.717) is 23.7 Å². The molecule has 0 aliphatic carbocycles. The van der Waals surface area contributed by atoms with Gasteiger partial charge in [0.1, 0.15) is 5.37 Å². The molecule has 33 heavy (non-hydrogen) atoms. The SMILES string of the molecule is CCC(C(=O)Nc1cccc(C2SCC(=O)N2c2ccc3c(c2)OCO3)c1)c1ccccc1. The van der Waals surface area contributed by atoms with Crippen molar-refractivity contribution in [3.63, 3.8) is 0 Å². The second-order valence-electron chi connectivity index (χ2n) is 7.95. The van der Waals surface area contributed by atoms with Crippen LogP contribution in [0.4, 0.5) is 11.4 Å². The number of hydrogen-bond donors (Lipinski definition) is 1. The van der Waals surface area contributed by atoms with Crippen molar-refractivity contribution < 1.29 is 19.1 Å². The zero-order valence-electron chi connectivity index (χ0n) is 18.2. The number of fused-ring (bicyclic) bond motifs is 1. The van der Waals surface area contributed by atoms with E-state index in [9.17, 15) is 9.59 Å². The maximum atomic E-state index is 13.0. The molecule has 0 bridgehead atoms. The van der Waals surface area contributed by atoms with Crippen LogP contribution in [0.1, 0.15) is 35.8 Å². The van der Waals surface area contributed by atoms with Gasteiger partial charge in [-0.3, -0.25) is 14.5 Å². The molecule has 1 fully saturated rings. The highest BCUT2D eigenvalue weighted by molar-refractivity contribution is 8.00. The lowest BCUT2D eigenvalue weighted by Gasteiger charge is -2.25. The zero-order valence-corrected chi connectivity index (χ0v) is 19.0. The highest BCUT2D eigenvalue weighted by Gasteiger charge is 2.35. The normalized spacial score (nSPS) is 17.8. The average Bonchev–Trinajstić information content (AvgIpc) is 3.46. The summed E-state index contributed by atoms with van der Waals surface area (Å²) in [6.45, 7) is 2.20. The molecular weight excluding hydrogens is 436 g/mol. The summed E-state index contributed by atoms with van der Waals surface area (Å²) in [5.41, 5.74) is 3.44. The van der Waals surface area contributed by atoms with E-state index in [-0.39, 0.29) is 29.9 Å². The van der Waals surface area contributed by atoms with Crippen LogP contribution < -0.4 is 19.7 Å². The summed E-state index contributed by atoms with van der Waals surface area (Å²) in [6, 6.07) is 23.1. The molecule has 0 radical (unpaired) electrons. The first-order valence-corrected chi connectivity index (χ1v) is 12.0. The maximum absolute atomic E-state index is 13.0. The number of hydrogen-bond acceptors (Lipinski definition) is 5. The molecule has 0 spiro atoms. The number of anilines is 2. The van der Waals surface area contributed by atoms with Crippen molar-refractivity contribution in [1.29, 1.82) is 0 Å². The predicted molar refractivity (Wildman–Crippen MR) is 130 cm³/mol. The molecule has 6 nitrogen and oxygen atoms in total. The number of carbonyl (C=O) groups excluding carboxylic acids is 2. The number of benzene rings is 3. The number of nitrogens with one attached hydrogen (secondary N) is 1. The summed E-state index contributed by atoms with van der Waals surface area (Å²) in [5, 5.41) is 2.88. The first-order chi connectivity index (χ1) is 16.1. The quantitative estimate of drug-likeness (QED) is 0.539. The first-order valence-electron chi connectivity index (χ1n) is 10.9. The Kier molecular flexibility index (Phi) is 5.96. The van der Waals surface area contributed by atoms with Crippen LogP contribution in [-0.2, 0) is 9.59 Å². The standard InChI is InChI=1S/C26H24N2O4S/c1-2-21(17-7-4-3-5-8-17)25(30)27-19-10-6-9-18(13-19)26-28(24(29)15-33-26)20-11-12-22-23(14-20)32-16-31-22/h3-14,21,26H,2,15-16H2,1H3,(H,27,30). The molecule has 0 saturated carbocycles. The van der Waals surface area contributed by atoms with Crippen LogP contribution in [-0.4, -0.2) is 24.4 Å². The van der Waals surface area contributed by atoms with Gasteiger partial charge in [0.05, 0.1) is 11.7 Å². The van der Waals surface area contributed by atoms with Gasteiger partial charge in [0.15, 0.2) is 11.5 Å². The third-order valence-electron chi connectivity index (χ3n) is 5.87. The number of amides is 2.